The van der Waals surface area contributed by atoms with Gasteiger partial charge in [0.1, 0.15) is 11.6 Å². The van der Waals surface area contributed by atoms with Crippen LogP contribution in [0.1, 0.15) is 0 Å². The summed E-state index contributed by atoms with van der Waals surface area (Å²) in [6, 6.07) is 8.14. The Morgan fingerprint density at radius 1 is 1.17 bits per heavy atom. The summed E-state index contributed by atoms with van der Waals surface area (Å²) in [6.07, 6.45) is 1.40. The van der Waals surface area contributed by atoms with Gasteiger partial charge >= 0.3 is 6.03 Å². The van der Waals surface area contributed by atoms with Crippen molar-refractivity contribution < 1.29 is 18.7 Å². The number of halogens is 1. The first-order valence-corrected chi connectivity index (χ1v) is 6.72. The van der Waals surface area contributed by atoms with Crippen molar-refractivity contribution in [2.45, 2.75) is 0 Å². The standard InChI is InChI=1S/C15H15FN4O3/c1-17-13(21)9-19-15(22)20-11-4-7-14(18-8-11)23-12-5-2-10(16)3-6-12/h2-8H,9H2,1H3,(H,17,21)(H2,19,20,22). The number of urea groups is 1. The molecule has 1 heterocycles. The van der Waals surface area contributed by atoms with Gasteiger partial charge in [-0.15, -0.1) is 0 Å². The van der Waals surface area contributed by atoms with Gasteiger partial charge in [0.25, 0.3) is 0 Å². The van der Waals surface area contributed by atoms with E-state index in [0.29, 0.717) is 17.3 Å². The van der Waals surface area contributed by atoms with Gasteiger partial charge in [0.05, 0.1) is 18.4 Å². The molecule has 0 aliphatic heterocycles. The first-order valence-electron chi connectivity index (χ1n) is 6.72. The van der Waals surface area contributed by atoms with E-state index in [-0.39, 0.29) is 18.3 Å². The highest BCUT2D eigenvalue weighted by molar-refractivity contribution is 5.92. The number of carbonyl (C=O) groups excluding carboxylic acids is 2. The fourth-order valence-electron chi connectivity index (χ4n) is 1.56. The number of pyridine rings is 1. The second kappa shape index (κ2) is 7.74. The van der Waals surface area contributed by atoms with Gasteiger partial charge in [0.15, 0.2) is 0 Å². The van der Waals surface area contributed by atoms with Crippen molar-refractivity contribution in [1.29, 1.82) is 0 Å². The molecule has 0 saturated heterocycles. The number of hydrogen-bond donors (Lipinski definition) is 3. The predicted octanol–water partition coefficient (Wildman–Crippen LogP) is 1.88. The average molecular weight is 318 g/mol. The van der Waals surface area contributed by atoms with Crippen LogP contribution in [0.15, 0.2) is 42.6 Å². The van der Waals surface area contributed by atoms with E-state index in [1.54, 1.807) is 12.1 Å². The van der Waals surface area contributed by atoms with Crippen molar-refractivity contribution in [3.63, 3.8) is 0 Å². The van der Waals surface area contributed by atoms with E-state index < -0.39 is 6.03 Å². The first-order chi connectivity index (χ1) is 11.1. The Morgan fingerprint density at radius 3 is 2.52 bits per heavy atom. The minimum Gasteiger partial charge on any atom is -0.439 e. The number of likely N-dealkylation sites (N-methyl/N-ethyl adjacent to an activating group) is 1. The van der Waals surface area contributed by atoms with Crippen LogP contribution in [0.3, 0.4) is 0 Å². The average Bonchev–Trinajstić information content (AvgIpc) is 2.56. The van der Waals surface area contributed by atoms with E-state index in [1.165, 1.54) is 37.5 Å². The molecule has 3 N–H and O–H groups in total. The van der Waals surface area contributed by atoms with Crippen LogP contribution in [0.25, 0.3) is 0 Å². The maximum absolute atomic E-state index is 12.8. The lowest BCUT2D eigenvalue weighted by atomic mass is 10.3. The number of benzene rings is 1. The minimum absolute atomic E-state index is 0.123. The Hall–Kier alpha value is -3.16. The molecule has 120 valence electrons. The number of ether oxygens (including phenoxy) is 1. The van der Waals surface area contributed by atoms with Crippen LogP contribution >= 0.6 is 0 Å². The number of carbonyl (C=O) groups is 2. The van der Waals surface area contributed by atoms with Gasteiger partial charge in [-0.25, -0.2) is 14.2 Å². The van der Waals surface area contributed by atoms with Crippen LogP contribution in [-0.4, -0.2) is 30.5 Å². The zero-order valence-electron chi connectivity index (χ0n) is 12.3. The monoisotopic (exact) mass is 318 g/mol. The van der Waals surface area contributed by atoms with Crippen molar-refractivity contribution in [2.75, 3.05) is 18.9 Å². The molecule has 3 amide bonds. The Balaban J connectivity index is 1.87. The zero-order valence-corrected chi connectivity index (χ0v) is 12.3. The summed E-state index contributed by atoms with van der Waals surface area (Å²) in [5, 5.41) is 7.29. The van der Waals surface area contributed by atoms with E-state index in [4.69, 9.17) is 4.74 Å². The molecule has 0 aliphatic carbocycles. The number of rotatable bonds is 5. The summed E-state index contributed by atoms with van der Waals surface area (Å²) in [4.78, 5) is 26.6. The largest absolute Gasteiger partial charge is 0.439 e. The Kier molecular flexibility index (Phi) is 5.45. The van der Waals surface area contributed by atoms with Crippen LogP contribution in [0.5, 0.6) is 11.6 Å². The molecular weight excluding hydrogens is 303 g/mol. The van der Waals surface area contributed by atoms with Crippen molar-refractivity contribution >= 4 is 17.6 Å². The molecular formula is C15H15FN4O3. The zero-order chi connectivity index (χ0) is 16.7. The maximum Gasteiger partial charge on any atom is 0.319 e. The minimum atomic E-state index is -0.525. The molecule has 23 heavy (non-hydrogen) atoms. The first kappa shape index (κ1) is 16.2. The third-order valence-corrected chi connectivity index (χ3v) is 2.72. The molecule has 0 atom stereocenters. The molecule has 0 fully saturated rings. The van der Waals surface area contributed by atoms with E-state index in [9.17, 15) is 14.0 Å². The number of hydrogen-bond acceptors (Lipinski definition) is 4. The molecule has 8 heteroatoms. The Labute approximate surface area is 131 Å². The van der Waals surface area contributed by atoms with Gasteiger partial charge in [-0.05, 0) is 30.3 Å². The van der Waals surface area contributed by atoms with Crippen molar-refractivity contribution in [1.82, 2.24) is 15.6 Å². The number of nitrogens with one attached hydrogen (secondary N) is 3. The Morgan fingerprint density at radius 2 is 1.91 bits per heavy atom. The van der Waals surface area contributed by atoms with Crippen LogP contribution in [0.2, 0.25) is 0 Å². The molecule has 0 radical (unpaired) electrons. The molecule has 2 rings (SSSR count). The molecule has 0 spiro atoms. The highest BCUT2D eigenvalue weighted by Gasteiger charge is 2.05. The molecule has 0 saturated carbocycles. The third-order valence-electron chi connectivity index (χ3n) is 2.72. The number of amides is 3. The van der Waals surface area contributed by atoms with Gasteiger partial charge in [0, 0.05) is 13.1 Å². The highest BCUT2D eigenvalue weighted by atomic mass is 19.1. The number of nitrogens with zero attached hydrogens (tertiary/aromatic N) is 1. The van der Waals surface area contributed by atoms with Gasteiger partial charge in [-0.2, -0.15) is 0 Å². The predicted molar refractivity (Wildman–Crippen MR) is 81.8 cm³/mol. The summed E-state index contributed by atoms with van der Waals surface area (Å²) in [5.74, 6) is 0.0878. The van der Waals surface area contributed by atoms with E-state index in [2.05, 4.69) is 20.9 Å². The summed E-state index contributed by atoms with van der Waals surface area (Å²) >= 11 is 0. The third kappa shape index (κ3) is 5.27. The van der Waals surface area contributed by atoms with Crippen LogP contribution < -0.4 is 20.7 Å². The molecule has 1 aromatic carbocycles. The SMILES string of the molecule is CNC(=O)CNC(=O)Nc1ccc(Oc2ccc(F)cc2)nc1. The van der Waals surface area contributed by atoms with Crippen molar-refractivity contribution in [2.24, 2.45) is 0 Å². The molecule has 7 nitrogen and oxygen atoms in total. The highest BCUT2D eigenvalue weighted by Crippen LogP contribution is 2.20. The summed E-state index contributed by atoms with van der Waals surface area (Å²) in [7, 11) is 1.48. The topological polar surface area (TPSA) is 92.4 Å². The van der Waals surface area contributed by atoms with E-state index >= 15 is 0 Å². The molecule has 1 aromatic heterocycles. The summed E-state index contributed by atoms with van der Waals surface area (Å²) < 4.78 is 18.2. The molecule has 0 aliphatic rings. The van der Waals surface area contributed by atoms with Crippen LogP contribution in [0.4, 0.5) is 14.9 Å². The lowest BCUT2D eigenvalue weighted by Gasteiger charge is -2.08. The van der Waals surface area contributed by atoms with Crippen molar-refractivity contribution in [3.05, 3.63) is 48.4 Å². The summed E-state index contributed by atoms with van der Waals surface area (Å²) in [6.45, 7) is -0.123. The van der Waals surface area contributed by atoms with Gasteiger partial charge in [-0.3, -0.25) is 4.79 Å². The quantitative estimate of drug-likeness (QED) is 0.785. The van der Waals surface area contributed by atoms with Gasteiger partial charge < -0.3 is 20.7 Å². The normalized spacial score (nSPS) is 9.83. The van der Waals surface area contributed by atoms with E-state index in [0.717, 1.165) is 0 Å². The second-order valence-electron chi connectivity index (χ2n) is 4.42. The lowest BCUT2D eigenvalue weighted by Crippen LogP contribution is -2.37. The number of aromatic nitrogens is 1. The van der Waals surface area contributed by atoms with Crippen LogP contribution in [-0.2, 0) is 4.79 Å². The van der Waals surface area contributed by atoms with Crippen molar-refractivity contribution in [3.8, 4) is 11.6 Å². The van der Waals surface area contributed by atoms with Gasteiger partial charge in [0.2, 0.25) is 11.8 Å². The second-order valence-corrected chi connectivity index (χ2v) is 4.42. The molecule has 0 bridgehead atoms. The fraction of sp³-hybridized carbons (Fsp3) is 0.133. The molecule has 0 unspecified atom stereocenters. The number of anilines is 1. The Bertz CT molecular complexity index is 674. The maximum atomic E-state index is 12.8. The lowest BCUT2D eigenvalue weighted by molar-refractivity contribution is -0.119. The van der Waals surface area contributed by atoms with E-state index in [1.807, 2.05) is 0 Å². The fourth-order valence-corrected chi connectivity index (χ4v) is 1.56. The van der Waals surface area contributed by atoms with Gasteiger partial charge in [-0.1, -0.05) is 0 Å². The summed E-state index contributed by atoms with van der Waals surface area (Å²) in [5.41, 5.74) is 0.436. The van der Waals surface area contributed by atoms with Crippen LogP contribution in [0, 0.1) is 5.82 Å². The smallest absolute Gasteiger partial charge is 0.319 e. The molecule has 2 aromatic rings.